The van der Waals surface area contributed by atoms with Crippen LogP contribution in [-0.2, 0) is 16.0 Å². The number of amides is 1. The molecule has 10 heteroatoms. The van der Waals surface area contributed by atoms with Gasteiger partial charge in [-0.2, -0.15) is 0 Å². The predicted octanol–water partition coefficient (Wildman–Crippen LogP) is 6.49. The van der Waals surface area contributed by atoms with Gasteiger partial charge in [0.05, 0.1) is 26.2 Å². The molecule has 0 unspecified atom stereocenters. The Labute approximate surface area is 253 Å². The molecule has 0 spiro atoms. The molecule has 3 aromatic carbocycles. The quantitative estimate of drug-likeness (QED) is 0.197. The average Bonchev–Trinajstić information content (AvgIpc) is 3.45. The number of halogens is 1. The Bertz CT molecular complexity index is 1720. The van der Waals surface area contributed by atoms with Gasteiger partial charge in [-0.3, -0.25) is 9.20 Å². The van der Waals surface area contributed by atoms with Crippen molar-refractivity contribution >= 4 is 34.7 Å². The van der Waals surface area contributed by atoms with E-state index in [9.17, 15) is 9.18 Å². The summed E-state index contributed by atoms with van der Waals surface area (Å²) < 4.78 is 27.5. The number of anilines is 2. The van der Waals surface area contributed by atoms with Crippen LogP contribution < -0.4 is 15.0 Å². The zero-order valence-electron chi connectivity index (χ0n) is 23.8. The molecule has 8 nitrogen and oxygen atoms in total. The SMILES string of the molecule is CCCOc1cccc(-c2nnc3ccc(Sc4ccc(CC(=O)Nc5cc(F)cc(N6CCOCC6)c5)cc4)cn23)c1. The molecule has 1 aliphatic heterocycles. The highest BCUT2D eigenvalue weighted by atomic mass is 32.2. The molecule has 5 aromatic rings. The maximum absolute atomic E-state index is 14.3. The maximum atomic E-state index is 14.3. The second kappa shape index (κ2) is 13.3. The molecule has 1 aliphatic rings. The Kier molecular flexibility index (Phi) is 8.85. The molecular weight excluding hydrogens is 565 g/mol. The number of hydrogen-bond acceptors (Lipinski definition) is 7. The molecule has 0 bridgehead atoms. The van der Waals surface area contributed by atoms with Crippen LogP contribution in [0.4, 0.5) is 15.8 Å². The van der Waals surface area contributed by atoms with Crippen LogP contribution in [0.5, 0.6) is 5.75 Å². The lowest BCUT2D eigenvalue weighted by atomic mass is 10.1. The molecule has 1 fully saturated rings. The molecule has 0 atom stereocenters. The number of pyridine rings is 1. The topological polar surface area (TPSA) is 81.0 Å². The first kappa shape index (κ1) is 28.7. The minimum Gasteiger partial charge on any atom is -0.494 e. The second-order valence-electron chi connectivity index (χ2n) is 10.3. The fourth-order valence-corrected chi connectivity index (χ4v) is 5.76. The van der Waals surface area contributed by atoms with Gasteiger partial charge in [-0.25, -0.2) is 4.39 Å². The molecule has 2 aromatic heterocycles. The van der Waals surface area contributed by atoms with E-state index in [1.807, 2.05) is 71.3 Å². The van der Waals surface area contributed by atoms with E-state index in [0.29, 0.717) is 38.6 Å². The fraction of sp³-hybridized carbons (Fsp3) is 0.242. The summed E-state index contributed by atoms with van der Waals surface area (Å²) in [6.07, 6.45) is 3.16. The van der Waals surface area contributed by atoms with Crippen molar-refractivity contribution in [3.8, 4) is 17.1 Å². The number of carbonyl (C=O) groups is 1. The normalized spacial score (nSPS) is 13.3. The Morgan fingerprint density at radius 3 is 2.63 bits per heavy atom. The lowest BCUT2D eigenvalue weighted by Gasteiger charge is -2.29. The van der Waals surface area contributed by atoms with E-state index in [-0.39, 0.29) is 18.1 Å². The summed E-state index contributed by atoms with van der Waals surface area (Å²) in [6.45, 7) is 5.34. The largest absolute Gasteiger partial charge is 0.494 e. The number of nitrogens with one attached hydrogen (secondary N) is 1. The van der Waals surface area contributed by atoms with Crippen molar-refractivity contribution in [2.45, 2.75) is 29.6 Å². The van der Waals surface area contributed by atoms with E-state index >= 15 is 0 Å². The van der Waals surface area contributed by atoms with E-state index < -0.39 is 0 Å². The number of benzene rings is 3. The van der Waals surface area contributed by atoms with Gasteiger partial charge in [-0.15, -0.1) is 10.2 Å². The highest BCUT2D eigenvalue weighted by Gasteiger charge is 2.15. The summed E-state index contributed by atoms with van der Waals surface area (Å²) in [7, 11) is 0. The molecule has 1 amide bonds. The molecule has 3 heterocycles. The molecule has 0 saturated carbocycles. The smallest absolute Gasteiger partial charge is 0.228 e. The van der Waals surface area contributed by atoms with Crippen LogP contribution in [0.2, 0.25) is 0 Å². The maximum Gasteiger partial charge on any atom is 0.228 e. The van der Waals surface area contributed by atoms with Crippen LogP contribution in [0.1, 0.15) is 18.9 Å². The molecule has 43 heavy (non-hydrogen) atoms. The van der Waals surface area contributed by atoms with Crippen LogP contribution in [0, 0.1) is 5.82 Å². The minimum atomic E-state index is -0.382. The third kappa shape index (κ3) is 7.15. The average molecular weight is 598 g/mol. The third-order valence-corrected chi connectivity index (χ3v) is 7.99. The monoisotopic (exact) mass is 597 g/mol. The van der Waals surface area contributed by atoms with Crippen molar-refractivity contribution in [3.63, 3.8) is 0 Å². The third-order valence-electron chi connectivity index (χ3n) is 7.01. The van der Waals surface area contributed by atoms with Crippen molar-refractivity contribution in [1.82, 2.24) is 14.6 Å². The first-order valence-electron chi connectivity index (χ1n) is 14.3. The molecule has 0 aliphatic carbocycles. The van der Waals surface area contributed by atoms with Gasteiger partial charge in [-0.05, 0) is 66.6 Å². The number of morpholine rings is 1. The molecule has 1 N–H and O–H groups in total. The summed E-state index contributed by atoms with van der Waals surface area (Å²) in [5.74, 6) is 0.973. The van der Waals surface area contributed by atoms with Crippen LogP contribution in [0.15, 0.2) is 94.9 Å². The first-order valence-corrected chi connectivity index (χ1v) is 15.1. The van der Waals surface area contributed by atoms with Gasteiger partial charge in [0.2, 0.25) is 5.91 Å². The first-order chi connectivity index (χ1) is 21.0. The van der Waals surface area contributed by atoms with Crippen molar-refractivity contribution in [2.24, 2.45) is 0 Å². The Morgan fingerprint density at radius 1 is 1.00 bits per heavy atom. The molecule has 220 valence electrons. The predicted molar refractivity (Wildman–Crippen MR) is 167 cm³/mol. The van der Waals surface area contributed by atoms with Gasteiger partial charge < -0.3 is 19.7 Å². The van der Waals surface area contributed by atoms with Gasteiger partial charge in [-0.1, -0.05) is 43.0 Å². The summed E-state index contributed by atoms with van der Waals surface area (Å²) in [5, 5.41) is 11.6. The van der Waals surface area contributed by atoms with Gasteiger partial charge in [0.1, 0.15) is 11.6 Å². The number of carbonyl (C=O) groups excluding carboxylic acids is 1. The summed E-state index contributed by atoms with van der Waals surface area (Å²) in [4.78, 5) is 16.9. The number of ether oxygens (including phenoxy) is 2. The summed E-state index contributed by atoms with van der Waals surface area (Å²) >= 11 is 1.61. The summed E-state index contributed by atoms with van der Waals surface area (Å²) in [6, 6.07) is 24.4. The van der Waals surface area contributed by atoms with Gasteiger partial charge >= 0.3 is 0 Å². The van der Waals surface area contributed by atoms with Gasteiger partial charge in [0.15, 0.2) is 11.5 Å². The van der Waals surface area contributed by atoms with Crippen molar-refractivity contribution in [3.05, 3.63) is 96.4 Å². The number of nitrogens with zero attached hydrogens (tertiary/aromatic N) is 4. The van der Waals surface area contributed by atoms with E-state index in [1.165, 1.54) is 12.1 Å². The lowest BCUT2D eigenvalue weighted by Crippen LogP contribution is -2.36. The Balaban J connectivity index is 1.10. The molecule has 6 rings (SSSR count). The zero-order valence-corrected chi connectivity index (χ0v) is 24.6. The standard InChI is InChI=1S/C33H32FN5O3S/c1-2-14-42-28-5-3-4-24(18-28)33-37-36-31-11-10-30(22-39(31)33)43-29-8-6-23(7-9-29)17-32(40)35-26-19-25(34)20-27(21-26)38-12-15-41-16-13-38/h3-11,18-22H,2,12-17H2,1H3,(H,35,40). The number of rotatable bonds is 10. The van der Waals surface area contributed by atoms with E-state index in [0.717, 1.165) is 50.2 Å². The highest BCUT2D eigenvalue weighted by Crippen LogP contribution is 2.30. The lowest BCUT2D eigenvalue weighted by molar-refractivity contribution is -0.115. The van der Waals surface area contributed by atoms with E-state index in [2.05, 4.69) is 27.3 Å². The van der Waals surface area contributed by atoms with Crippen LogP contribution in [-0.4, -0.2) is 53.4 Å². The highest BCUT2D eigenvalue weighted by molar-refractivity contribution is 7.99. The molecular formula is C33H32FN5O3S. The van der Waals surface area contributed by atoms with Crippen LogP contribution in [0.25, 0.3) is 17.0 Å². The second-order valence-corrected chi connectivity index (χ2v) is 11.4. The molecule has 0 radical (unpaired) electrons. The van der Waals surface area contributed by atoms with Crippen molar-refractivity contribution in [2.75, 3.05) is 43.1 Å². The Hall–Kier alpha value is -4.41. The molecule has 1 saturated heterocycles. The van der Waals surface area contributed by atoms with Gasteiger partial charge in [0, 0.05) is 46.0 Å². The number of fused-ring (bicyclic) bond motifs is 1. The van der Waals surface area contributed by atoms with Crippen molar-refractivity contribution in [1.29, 1.82) is 0 Å². The zero-order chi connectivity index (χ0) is 29.6. The number of aromatic nitrogens is 3. The van der Waals surface area contributed by atoms with Crippen LogP contribution in [0.3, 0.4) is 0 Å². The fourth-order valence-electron chi connectivity index (χ4n) is 4.93. The van der Waals surface area contributed by atoms with Crippen molar-refractivity contribution < 1.29 is 18.7 Å². The Morgan fingerprint density at radius 2 is 1.81 bits per heavy atom. The van der Waals surface area contributed by atoms with Crippen LogP contribution >= 0.6 is 11.8 Å². The van der Waals surface area contributed by atoms with E-state index in [1.54, 1.807) is 17.8 Å². The van der Waals surface area contributed by atoms with Gasteiger partial charge in [0.25, 0.3) is 0 Å². The number of hydrogen-bond donors (Lipinski definition) is 1. The minimum absolute atomic E-state index is 0.186. The summed E-state index contributed by atoms with van der Waals surface area (Å²) in [5.41, 5.74) is 3.75. The van der Waals surface area contributed by atoms with E-state index in [4.69, 9.17) is 9.47 Å².